The summed E-state index contributed by atoms with van der Waals surface area (Å²) in [6.45, 7) is 0. The third-order valence-corrected chi connectivity index (χ3v) is 5.33. The minimum atomic E-state index is -0.482. The Balaban J connectivity index is 1.44. The molecule has 3 aromatic carbocycles. The van der Waals surface area contributed by atoms with Crippen LogP contribution in [0.4, 0.5) is 15.8 Å². The van der Waals surface area contributed by atoms with Gasteiger partial charge in [-0.15, -0.1) is 0 Å². The van der Waals surface area contributed by atoms with Crippen LogP contribution in [0.5, 0.6) is 11.5 Å². The Labute approximate surface area is 200 Å². The molecule has 0 aliphatic carbocycles. The number of thiocarbonyl (C=S) groups is 1. The molecule has 0 saturated carbocycles. The average molecular weight is 483 g/mol. The fourth-order valence-corrected chi connectivity index (χ4v) is 3.60. The van der Waals surface area contributed by atoms with Crippen LogP contribution < -0.4 is 20.1 Å². The Morgan fingerprint density at radius 1 is 0.909 bits per heavy atom. The number of ether oxygens (including phenoxy) is 2. The Bertz CT molecular complexity index is 1290. The molecule has 0 aliphatic rings. The Morgan fingerprint density at radius 2 is 1.61 bits per heavy atom. The van der Waals surface area contributed by atoms with Crippen LogP contribution in [0, 0.1) is 5.82 Å². The van der Waals surface area contributed by atoms with Crippen molar-refractivity contribution in [1.82, 2.24) is 9.78 Å². The number of methoxy groups -OCH3 is 2. The molecule has 4 rings (SSSR count). The van der Waals surface area contributed by atoms with Crippen LogP contribution in [0.15, 0.2) is 72.9 Å². The second-order valence-electron chi connectivity index (χ2n) is 6.97. The van der Waals surface area contributed by atoms with Crippen molar-refractivity contribution in [1.29, 1.82) is 0 Å². The first-order chi connectivity index (χ1) is 16.0. The van der Waals surface area contributed by atoms with Gasteiger partial charge in [0.25, 0.3) is 0 Å². The summed E-state index contributed by atoms with van der Waals surface area (Å²) in [7, 11) is 3.21. The maximum absolute atomic E-state index is 13.3. The molecule has 6 nitrogen and oxygen atoms in total. The van der Waals surface area contributed by atoms with E-state index in [4.69, 9.17) is 33.3 Å². The number of nitrogens with one attached hydrogen (secondary N) is 2. The molecule has 1 heterocycles. The van der Waals surface area contributed by atoms with Crippen LogP contribution in [-0.4, -0.2) is 29.1 Å². The van der Waals surface area contributed by atoms with Gasteiger partial charge in [-0.25, -0.2) is 9.07 Å². The maximum Gasteiger partial charge on any atom is 0.175 e. The lowest BCUT2D eigenvalue weighted by Gasteiger charge is -2.11. The molecule has 0 atom stereocenters. The Kier molecular flexibility index (Phi) is 6.76. The van der Waals surface area contributed by atoms with E-state index in [1.807, 2.05) is 54.7 Å². The second kappa shape index (κ2) is 9.89. The van der Waals surface area contributed by atoms with E-state index in [0.717, 1.165) is 22.6 Å². The van der Waals surface area contributed by atoms with Crippen molar-refractivity contribution in [3.8, 4) is 28.4 Å². The van der Waals surface area contributed by atoms with Crippen molar-refractivity contribution in [3.05, 3.63) is 83.8 Å². The topological polar surface area (TPSA) is 60.3 Å². The molecule has 9 heteroatoms. The molecule has 33 heavy (non-hydrogen) atoms. The van der Waals surface area contributed by atoms with Crippen molar-refractivity contribution in [3.63, 3.8) is 0 Å². The van der Waals surface area contributed by atoms with Gasteiger partial charge in [0.2, 0.25) is 0 Å². The van der Waals surface area contributed by atoms with Gasteiger partial charge >= 0.3 is 0 Å². The first kappa shape index (κ1) is 22.6. The molecular weight excluding hydrogens is 463 g/mol. The van der Waals surface area contributed by atoms with Crippen LogP contribution >= 0.6 is 23.8 Å². The van der Waals surface area contributed by atoms with Gasteiger partial charge < -0.3 is 20.1 Å². The summed E-state index contributed by atoms with van der Waals surface area (Å²) in [6, 6.07) is 19.5. The molecule has 0 amide bonds. The summed E-state index contributed by atoms with van der Waals surface area (Å²) in [5.74, 6) is 0.829. The van der Waals surface area contributed by atoms with Gasteiger partial charge in [-0.05, 0) is 78.9 Å². The lowest BCUT2D eigenvalue weighted by Crippen LogP contribution is -2.19. The minimum absolute atomic E-state index is 0.0267. The second-order valence-corrected chi connectivity index (χ2v) is 7.79. The third kappa shape index (κ3) is 5.24. The van der Waals surface area contributed by atoms with Gasteiger partial charge in [-0.1, -0.05) is 11.6 Å². The van der Waals surface area contributed by atoms with E-state index in [9.17, 15) is 4.39 Å². The normalized spacial score (nSPS) is 10.5. The molecule has 0 saturated heterocycles. The summed E-state index contributed by atoms with van der Waals surface area (Å²) in [4.78, 5) is 0. The lowest BCUT2D eigenvalue weighted by molar-refractivity contribution is 0.355. The summed E-state index contributed by atoms with van der Waals surface area (Å²) < 4.78 is 25.8. The molecule has 168 valence electrons. The average Bonchev–Trinajstić information content (AvgIpc) is 3.32. The summed E-state index contributed by atoms with van der Waals surface area (Å²) >= 11 is 11.1. The van der Waals surface area contributed by atoms with Gasteiger partial charge in [0, 0.05) is 23.1 Å². The highest BCUT2D eigenvalue weighted by Crippen LogP contribution is 2.31. The highest BCUT2D eigenvalue weighted by Gasteiger charge is 2.09. The lowest BCUT2D eigenvalue weighted by atomic mass is 10.1. The number of benzene rings is 3. The zero-order valence-corrected chi connectivity index (χ0v) is 19.4. The SMILES string of the molecule is COc1ccc(-c2ccn(-c3ccc(NC(=S)Nc4ccc(F)c(Cl)c4)cc3)n2)cc1OC. The third-order valence-electron chi connectivity index (χ3n) is 4.84. The molecule has 0 fully saturated rings. The van der Waals surface area contributed by atoms with Gasteiger partial charge in [0.15, 0.2) is 16.6 Å². The molecule has 0 bridgehead atoms. The van der Waals surface area contributed by atoms with Crippen molar-refractivity contribution in [2.45, 2.75) is 0 Å². The summed E-state index contributed by atoms with van der Waals surface area (Å²) in [5.41, 5.74) is 3.99. The van der Waals surface area contributed by atoms with Crippen molar-refractivity contribution in [2.24, 2.45) is 0 Å². The zero-order chi connectivity index (χ0) is 23.4. The van der Waals surface area contributed by atoms with Gasteiger partial charge in [-0.2, -0.15) is 5.10 Å². The zero-order valence-electron chi connectivity index (χ0n) is 17.8. The first-order valence-electron chi connectivity index (χ1n) is 9.88. The highest BCUT2D eigenvalue weighted by atomic mass is 35.5. The maximum atomic E-state index is 13.3. The van der Waals surface area contributed by atoms with E-state index in [1.165, 1.54) is 12.1 Å². The van der Waals surface area contributed by atoms with E-state index in [0.29, 0.717) is 22.3 Å². The van der Waals surface area contributed by atoms with Crippen molar-refractivity contribution < 1.29 is 13.9 Å². The quantitative estimate of drug-likeness (QED) is 0.321. The molecular formula is C24H20ClFN4O2S. The molecule has 0 unspecified atom stereocenters. The number of rotatable bonds is 6. The molecule has 2 N–H and O–H groups in total. The molecule has 4 aromatic rings. The first-order valence-corrected chi connectivity index (χ1v) is 10.7. The Morgan fingerprint density at radius 3 is 2.30 bits per heavy atom. The minimum Gasteiger partial charge on any atom is -0.493 e. The fourth-order valence-electron chi connectivity index (χ4n) is 3.18. The van der Waals surface area contributed by atoms with Gasteiger partial charge in [-0.3, -0.25) is 0 Å². The fraction of sp³-hybridized carbons (Fsp3) is 0.0833. The predicted octanol–water partition coefficient (Wildman–Crippen LogP) is 6.16. The van der Waals surface area contributed by atoms with Crippen molar-refractivity contribution >= 4 is 40.3 Å². The van der Waals surface area contributed by atoms with Crippen LogP contribution in [-0.2, 0) is 0 Å². The van der Waals surface area contributed by atoms with Crippen LogP contribution in [0.1, 0.15) is 0 Å². The number of hydrogen-bond acceptors (Lipinski definition) is 4. The summed E-state index contributed by atoms with van der Waals surface area (Å²) in [6.07, 6.45) is 1.89. The van der Waals surface area contributed by atoms with Crippen LogP contribution in [0.25, 0.3) is 16.9 Å². The number of hydrogen-bond donors (Lipinski definition) is 2. The number of halogens is 2. The van der Waals surface area contributed by atoms with Gasteiger partial charge in [0.05, 0.1) is 30.6 Å². The van der Waals surface area contributed by atoms with E-state index in [2.05, 4.69) is 15.7 Å². The highest BCUT2D eigenvalue weighted by molar-refractivity contribution is 7.80. The number of aromatic nitrogens is 2. The molecule has 0 spiro atoms. The van der Waals surface area contributed by atoms with E-state index >= 15 is 0 Å². The smallest absolute Gasteiger partial charge is 0.175 e. The van der Waals surface area contributed by atoms with Gasteiger partial charge in [0.1, 0.15) is 5.82 Å². The van der Waals surface area contributed by atoms with E-state index in [-0.39, 0.29) is 5.02 Å². The van der Waals surface area contributed by atoms with E-state index in [1.54, 1.807) is 25.0 Å². The summed E-state index contributed by atoms with van der Waals surface area (Å²) in [5, 5.41) is 11.1. The van der Waals surface area contributed by atoms with Crippen molar-refractivity contribution in [2.75, 3.05) is 24.9 Å². The van der Waals surface area contributed by atoms with Crippen LogP contribution in [0.3, 0.4) is 0 Å². The standard InChI is InChI=1S/C24H20ClFN4O2S/c1-31-22-10-3-15(13-23(22)32-2)21-11-12-30(29-21)18-7-4-16(5-8-18)27-24(33)28-17-6-9-20(26)19(25)14-17/h3-14H,1-2H3,(H2,27,28,33). The van der Waals surface area contributed by atoms with Crippen LogP contribution in [0.2, 0.25) is 5.02 Å². The molecule has 0 radical (unpaired) electrons. The largest absolute Gasteiger partial charge is 0.493 e. The monoisotopic (exact) mass is 482 g/mol. The Hall–Kier alpha value is -3.62. The molecule has 0 aliphatic heterocycles. The molecule has 1 aromatic heterocycles. The number of anilines is 2. The number of nitrogens with zero attached hydrogens (tertiary/aromatic N) is 2. The van der Waals surface area contributed by atoms with E-state index < -0.39 is 5.82 Å². The predicted molar refractivity (Wildman–Crippen MR) is 133 cm³/mol.